The third-order valence-electron chi connectivity index (χ3n) is 6.69. The molecule has 2 aliphatic heterocycles. The molecule has 0 radical (unpaired) electrons. The first-order chi connectivity index (χ1) is 15.9. The molecule has 3 unspecified atom stereocenters. The fraction of sp³-hybridized carbons (Fsp3) is 0.333. The predicted molar refractivity (Wildman–Crippen MR) is 119 cm³/mol. The number of benzene rings is 2. The third kappa shape index (κ3) is 3.40. The van der Waals surface area contributed by atoms with E-state index in [0.29, 0.717) is 18.5 Å². The summed E-state index contributed by atoms with van der Waals surface area (Å²) >= 11 is 6.47. The molecule has 3 N–H and O–H groups in total. The predicted octanol–water partition coefficient (Wildman–Crippen LogP) is 3.63. The molecule has 5 rings (SSSR count). The first-order valence-electron chi connectivity index (χ1n) is 10.7. The highest BCUT2D eigenvalue weighted by molar-refractivity contribution is 6.31. The molecule has 2 aliphatic rings. The lowest BCUT2D eigenvalue weighted by Gasteiger charge is -2.35. The smallest absolute Gasteiger partial charge is 0.223 e. The monoisotopic (exact) mass is 472 g/mol. The summed E-state index contributed by atoms with van der Waals surface area (Å²) in [5.41, 5.74) is 6.55. The maximum atomic E-state index is 15.9. The molecule has 3 heterocycles. The van der Waals surface area contributed by atoms with E-state index in [1.165, 1.54) is 12.3 Å². The summed E-state index contributed by atoms with van der Waals surface area (Å²) in [4.78, 5) is 16.5. The highest BCUT2D eigenvalue weighted by Crippen LogP contribution is 2.53. The topological polar surface area (TPSA) is 82.2 Å². The number of amides is 1. The van der Waals surface area contributed by atoms with E-state index in [1.807, 2.05) is 30.3 Å². The molecule has 1 amide bonds. The fourth-order valence-corrected chi connectivity index (χ4v) is 5.53. The average Bonchev–Trinajstić information content (AvgIpc) is 3.41. The van der Waals surface area contributed by atoms with Crippen molar-refractivity contribution in [2.75, 3.05) is 13.6 Å². The second-order valence-electron chi connectivity index (χ2n) is 8.61. The second-order valence-corrected chi connectivity index (χ2v) is 8.98. The number of carbonyl (C=O) groups excluding carboxylic acids is 1. The molecule has 0 saturated heterocycles. The van der Waals surface area contributed by atoms with Gasteiger partial charge in [0.2, 0.25) is 5.91 Å². The normalized spacial score (nSPS) is 25.9. The molecule has 1 aromatic heterocycles. The summed E-state index contributed by atoms with van der Waals surface area (Å²) in [7, 11) is 1.80. The van der Waals surface area contributed by atoms with Gasteiger partial charge in [-0.2, -0.15) is 0 Å². The SMILES string of the molecule is CNC[C@@]1(c2ccccc2)Cc2c(cc(F)c(Cl)c2C2C(C(N)=O)Cn3ccnc3C2F)O1. The minimum atomic E-state index is -1.69. The van der Waals surface area contributed by atoms with Gasteiger partial charge in [0.1, 0.15) is 17.4 Å². The lowest BCUT2D eigenvalue weighted by Crippen LogP contribution is -2.41. The van der Waals surface area contributed by atoms with E-state index in [-0.39, 0.29) is 28.7 Å². The summed E-state index contributed by atoms with van der Waals surface area (Å²) in [6, 6.07) is 10.8. The highest BCUT2D eigenvalue weighted by Gasteiger charge is 2.49. The molecular weight excluding hydrogens is 450 g/mol. The molecule has 0 fully saturated rings. The number of carbonyl (C=O) groups is 1. The molecular formula is C24H23ClF2N4O2. The minimum absolute atomic E-state index is 0.137. The molecule has 0 saturated carbocycles. The van der Waals surface area contributed by atoms with Gasteiger partial charge in [0.05, 0.1) is 10.9 Å². The van der Waals surface area contributed by atoms with Crippen LogP contribution in [0.25, 0.3) is 0 Å². The van der Waals surface area contributed by atoms with Gasteiger partial charge in [0.25, 0.3) is 0 Å². The van der Waals surface area contributed by atoms with Crippen LogP contribution in [0.5, 0.6) is 5.75 Å². The lowest BCUT2D eigenvalue weighted by molar-refractivity contribution is -0.124. The molecule has 172 valence electrons. The Morgan fingerprint density at radius 3 is 2.85 bits per heavy atom. The number of halogens is 3. The molecule has 4 atom stereocenters. The van der Waals surface area contributed by atoms with Crippen LogP contribution in [0.4, 0.5) is 8.78 Å². The first kappa shape index (κ1) is 21.9. The van der Waals surface area contributed by atoms with Crippen LogP contribution in [-0.4, -0.2) is 29.1 Å². The van der Waals surface area contributed by atoms with Crippen LogP contribution in [-0.2, 0) is 23.4 Å². The van der Waals surface area contributed by atoms with Crippen molar-refractivity contribution in [3.05, 3.63) is 82.1 Å². The Hall–Kier alpha value is -2.97. The van der Waals surface area contributed by atoms with Crippen LogP contribution >= 0.6 is 11.6 Å². The second kappa shape index (κ2) is 8.11. The molecule has 6 nitrogen and oxygen atoms in total. The van der Waals surface area contributed by atoms with Gasteiger partial charge in [0, 0.05) is 49.5 Å². The van der Waals surface area contributed by atoms with Gasteiger partial charge in [-0.15, -0.1) is 0 Å². The van der Waals surface area contributed by atoms with E-state index in [0.717, 1.165) is 5.56 Å². The number of nitrogens with zero attached hydrogens (tertiary/aromatic N) is 2. The molecule has 3 aromatic rings. The van der Waals surface area contributed by atoms with E-state index >= 15 is 8.78 Å². The van der Waals surface area contributed by atoms with Gasteiger partial charge < -0.3 is 20.4 Å². The van der Waals surface area contributed by atoms with Gasteiger partial charge >= 0.3 is 0 Å². The molecule has 33 heavy (non-hydrogen) atoms. The lowest BCUT2D eigenvalue weighted by atomic mass is 9.76. The maximum Gasteiger partial charge on any atom is 0.223 e. The van der Waals surface area contributed by atoms with Crippen LogP contribution in [0.15, 0.2) is 48.8 Å². The zero-order valence-electron chi connectivity index (χ0n) is 17.9. The number of nitrogens with two attached hydrogens (primary N) is 1. The number of nitrogens with one attached hydrogen (secondary N) is 1. The van der Waals surface area contributed by atoms with Crippen LogP contribution in [0.3, 0.4) is 0 Å². The molecule has 9 heteroatoms. The summed E-state index contributed by atoms with van der Waals surface area (Å²) in [6.45, 7) is 0.566. The van der Waals surface area contributed by atoms with E-state index in [9.17, 15) is 4.79 Å². The minimum Gasteiger partial charge on any atom is -0.480 e. The van der Waals surface area contributed by atoms with Gasteiger partial charge in [-0.1, -0.05) is 41.9 Å². The van der Waals surface area contributed by atoms with E-state index < -0.39 is 35.3 Å². The average molecular weight is 473 g/mol. The van der Waals surface area contributed by atoms with E-state index in [4.69, 9.17) is 22.1 Å². The summed E-state index contributed by atoms with van der Waals surface area (Å²) in [5.74, 6) is -2.98. The largest absolute Gasteiger partial charge is 0.480 e. The van der Waals surface area contributed by atoms with Crippen LogP contribution in [0.1, 0.15) is 34.6 Å². The number of ether oxygens (including phenoxy) is 1. The van der Waals surface area contributed by atoms with Crippen molar-refractivity contribution in [2.45, 2.75) is 30.7 Å². The summed E-state index contributed by atoms with van der Waals surface area (Å²) < 4.78 is 38.8. The Balaban J connectivity index is 1.68. The van der Waals surface area contributed by atoms with Gasteiger partial charge in [-0.25, -0.2) is 13.8 Å². The number of likely N-dealkylation sites (N-methyl/N-ethyl adjacent to an activating group) is 1. The zero-order valence-corrected chi connectivity index (χ0v) is 18.7. The quantitative estimate of drug-likeness (QED) is 0.594. The standard InChI is InChI=1S/C24H23ClF2N4O2/c1-29-12-24(13-5-3-2-4-6-13)10-14-17(33-24)9-16(26)20(25)18(14)19-15(22(28)32)11-31-8-7-30-23(31)21(19)27/h2-9,15,19,21,29H,10-12H2,1H3,(H2,28,32)/t15?,19?,21?,24-/m1/s1. The maximum absolute atomic E-state index is 15.9. The number of hydrogen-bond donors (Lipinski definition) is 2. The number of alkyl halides is 1. The van der Waals surface area contributed by atoms with Crippen molar-refractivity contribution < 1.29 is 18.3 Å². The molecule has 0 spiro atoms. The van der Waals surface area contributed by atoms with E-state index in [1.54, 1.807) is 17.8 Å². The van der Waals surface area contributed by atoms with Crippen LogP contribution in [0.2, 0.25) is 5.02 Å². The van der Waals surface area contributed by atoms with Crippen molar-refractivity contribution in [1.82, 2.24) is 14.9 Å². The molecule has 2 aromatic carbocycles. The zero-order chi connectivity index (χ0) is 23.3. The van der Waals surface area contributed by atoms with Crippen molar-refractivity contribution in [1.29, 1.82) is 0 Å². The Morgan fingerprint density at radius 2 is 2.15 bits per heavy atom. The third-order valence-corrected chi connectivity index (χ3v) is 7.08. The Kier molecular flexibility index (Phi) is 5.37. The van der Waals surface area contributed by atoms with Crippen molar-refractivity contribution in [2.24, 2.45) is 11.7 Å². The number of hydrogen-bond acceptors (Lipinski definition) is 4. The molecule has 0 bridgehead atoms. The Morgan fingerprint density at radius 1 is 1.39 bits per heavy atom. The van der Waals surface area contributed by atoms with E-state index in [2.05, 4.69) is 10.3 Å². The Labute approximate surface area is 194 Å². The number of primary amides is 1. The fourth-order valence-electron chi connectivity index (χ4n) is 5.23. The number of imidazole rings is 1. The first-order valence-corrected chi connectivity index (χ1v) is 11.1. The van der Waals surface area contributed by atoms with Crippen molar-refractivity contribution >= 4 is 17.5 Å². The number of rotatable bonds is 5. The van der Waals surface area contributed by atoms with Crippen LogP contribution < -0.4 is 15.8 Å². The summed E-state index contributed by atoms with van der Waals surface area (Å²) in [6.07, 6.45) is 1.70. The Bertz CT molecular complexity index is 1220. The van der Waals surface area contributed by atoms with Crippen molar-refractivity contribution in [3.63, 3.8) is 0 Å². The van der Waals surface area contributed by atoms with Crippen molar-refractivity contribution in [3.8, 4) is 5.75 Å². The van der Waals surface area contributed by atoms with Gasteiger partial charge in [-0.05, 0) is 18.2 Å². The van der Waals surface area contributed by atoms with Gasteiger partial charge in [0.15, 0.2) is 11.8 Å². The number of aromatic nitrogens is 2. The van der Waals surface area contributed by atoms with Crippen LogP contribution in [0, 0.1) is 11.7 Å². The summed E-state index contributed by atoms with van der Waals surface area (Å²) in [5, 5.41) is 2.93. The number of fused-ring (bicyclic) bond motifs is 2. The highest BCUT2D eigenvalue weighted by atomic mass is 35.5. The molecule has 0 aliphatic carbocycles. The van der Waals surface area contributed by atoms with Gasteiger partial charge in [-0.3, -0.25) is 4.79 Å².